The number of halogens is 2. The Morgan fingerprint density at radius 3 is 2.54 bits per heavy atom. The topological polar surface area (TPSA) is 58.6 Å². The summed E-state index contributed by atoms with van der Waals surface area (Å²) in [5, 5.41) is 12.1. The van der Waals surface area contributed by atoms with E-state index >= 15 is 0 Å². The van der Waals surface area contributed by atoms with Crippen LogP contribution in [0.4, 0.5) is 8.78 Å². The van der Waals surface area contributed by atoms with Crippen molar-refractivity contribution in [1.29, 1.82) is 0 Å². The summed E-state index contributed by atoms with van der Waals surface area (Å²) in [4.78, 5) is 13.0. The van der Waals surface area contributed by atoms with Crippen molar-refractivity contribution in [2.24, 2.45) is 5.41 Å². The summed E-state index contributed by atoms with van der Waals surface area (Å²) in [6.07, 6.45) is 1.69. The van der Waals surface area contributed by atoms with Gasteiger partial charge >= 0.3 is 0 Å². The molecule has 0 radical (unpaired) electrons. The maximum absolute atomic E-state index is 13.6. The average Bonchev–Trinajstić information content (AvgIpc) is 2.70. The molecule has 0 aromatic heterocycles. The van der Waals surface area contributed by atoms with Crippen LogP contribution in [0.15, 0.2) is 42.5 Å². The van der Waals surface area contributed by atoms with Gasteiger partial charge in [0.2, 0.25) is 5.91 Å². The van der Waals surface area contributed by atoms with Crippen molar-refractivity contribution < 1.29 is 23.4 Å². The highest BCUT2D eigenvalue weighted by Crippen LogP contribution is 2.36. The van der Waals surface area contributed by atoms with Crippen molar-refractivity contribution in [3.8, 4) is 11.1 Å². The Morgan fingerprint density at radius 2 is 1.86 bits per heavy atom. The highest BCUT2D eigenvalue weighted by atomic mass is 19.2. The van der Waals surface area contributed by atoms with Gasteiger partial charge in [-0.2, -0.15) is 0 Å². The van der Waals surface area contributed by atoms with Crippen molar-refractivity contribution in [2.75, 3.05) is 19.8 Å². The minimum atomic E-state index is -0.888. The van der Waals surface area contributed by atoms with Gasteiger partial charge < -0.3 is 15.2 Å². The number of hydrogen-bond donors (Lipinski definition) is 2. The van der Waals surface area contributed by atoms with Crippen LogP contribution in [0.25, 0.3) is 11.1 Å². The summed E-state index contributed by atoms with van der Waals surface area (Å²) in [5.41, 5.74) is 1.67. The lowest BCUT2D eigenvalue weighted by atomic mass is 9.74. The van der Waals surface area contributed by atoms with Gasteiger partial charge in [0.1, 0.15) is 0 Å². The molecule has 1 heterocycles. The Kier molecular flexibility index (Phi) is 6.42. The lowest BCUT2D eigenvalue weighted by Gasteiger charge is -2.36. The molecule has 1 amide bonds. The van der Waals surface area contributed by atoms with Crippen molar-refractivity contribution in [1.82, 2.24) is 5.32 Å². The number of carbonyl (C=O) groups excluding carboxylic acids is 1. The SMILES string of the molecule is C[C@@H](CO)NC(=O)C1(Cc2cccc(-c3ccc(F)c(F)c3)c2)CCOCC1. The Morgan fingerprint density at radius 1 is 1.14 bits per heavy atom. The maximum Gasteiger partial charge on any atom is 0.227 e. The van der Waals surface area contributed by atoms with Crippen LogP contribution in [-0.2, 0) is 16.0 Å². The Labute approximate surface area is 163 Å². The van der Waals surface area contributed by atoms with E-state index in [1.165, 1.54) is 12.1 Å². The van der Waals surface area contributed by atoms with Crippen molar-refractivity contribution in [3.05, 3.63) is 59.7 Å². The number of hydrogen-bond acceptors (Lipinski definition) is 3. The fraction of sp³-hybridized carbons (Fsp3) is 0.409. The number of ether oxygens (including phenoxy) is 1. The van der Waals surface area contributed by atoms with E-state index in [1.54, 1.807) is 6.92 Å². The molecule has 4 nitrogen and oxygen atoms in total. The number of aliphatic hydroxyl groups is 1. The van der Waals surface area contributed by atoms with Crippen LogP contribution in [0.1, 0.15) is 25.3 Å². The summed E-state index contributed by atoms with van der Waals surface area (Å²) in [5.74, 6) is -1.85. The molecule has 2 N–H and O–H groups in total. The fourth-order valence-corrected chi connectivity index (χ4v) is 3.60. The molecular weight excluding hydrogens is 364 g/mol. The van der Waals surface area contributed by atoms with E-state index in [1.807, 2.05) is 24.3 Å². The quantitative estimate of drug-likeness (QED) is 0.795. The number of nitrogens with one attached hydrogen (secondary N) is 1. The molecule has 1 atom stereocenters. The summed E-state index contributed by atoms with van der Waals surface area (Å²) >= 11 is 0. The van der Waals surface area contributed by atoms with Crippen LogP contribution in [0, 0.1) is 17.0 Å². The van der Waals surface area contributed by atoms with Crippen LogP contribution >= 0.6 is 0 Å². The van der Waals surface area contributed by atoms with Gasteiger partial charge in [-0.05, 0) is 55.0 Å². The first kappa shape index (κ1) is 20.4. The number of amides is 1. The molecule has 1 saturated heterocycles. The lowest BCUT2D eigenvalue weighted by molar-refractivity contribution is -0.137. The predicted molar refractivity (Wildman–Crippen MR) is 103 cm³/mol. The van der Waals surface area contributed by atoms with Crippen LogP contribution in [0.3, 0.4) is 0 Å². The molecule has 2 aromatic rings. The summed E-state index contributed by atoms with van der Waals surface area (Å²) in [6, 6.07) is 11.0. The fourth-order valence-electron chi connectivity index (χ4n) is 3.60. The second-order valence-corrected chi connectivity index (χ2v) is 7.46. The van der Waals surface area contributed by atoms with Crippen molar-refractivity contribution in [2.45, 2.75) is 32.2 Å². The van der Waals surface area contributed by atoms with Crippen LogP contribution in [0.2, 0.25) is 0 Å². The van der Waals surface area contributed by atoms with Gasteiger partial charge in [-0.1, -0.05) is 30.3 Å². The molecule has 1 aliphatic rings. The van der Waals surface area contributed by atoms with Gasteiger partial charge in [0, 0.05) is 19.3 Å². The van der Waals surface area contributed by atoms with E-state index in [0.717, 1.165) is 17.2 Å². The molecule has 0 bridgehead atoms. The van der Waals surface area contributed by atoms with E-state index in [-0.39, 0.29) is 18.6 Å². The van der Waals surface area contributed by atoms with Gasteiger partial charge in [-0.25, -0.2) is 8.78 Å². The second kappa shape index (κ2) is 8.80. The molecule has 28 heavy (non-hydrogen) atoms. The molecule has 0 spiro atoms. The summed E-state index contributed by atoms with van der Waals surface area (Å²) in [7, 11) is 0. The van der Waals surface area contributed by atoms with Gasteiger partial charge in [-0.15, -0.1) is 0 Å². The van der Waals surface area contributed by atoms with Gasteiger partial charge in [0.15, 0.2) is 11.6 Å². The van der Waals surface area contributed by atoms with Crippen molar-refractivity contribution >= 4 is 5.91 Å². The Bertz CT molecular complexity index is 834. The Balaban J connectivity index is 1.87. The number of aliphatic hydroxyl groups excluding tert-OH is 1. The standard InChI is InChI=1S/C22H25F2NO3/c1-15(14-26)25-21(27)22(7-9-28-10-8-22)13-16-3-2-4-17(11-16)18-5-6-19(23)20(24)12-18/h2-6,11-12,15,26H,7-10,13-14H2,1H3,(H,25,27)/t15-/m0/s1. The van der Waals surface area contributed by atoms with E-state index < -0.39 is 17.0 Å². The zero-order valence-corrected chi connectivity index (χ0v) is 15.9. The summed E-state index contributed by atoms with van der Waals surface area (Å²) in [6.45, 7) is 2.64. The van der Waals surface area contributed by atoms with Gasteiger partial charge in [0.25, 0.3) is 0 Å². The smallest absolute Gasteiger partial charge is 0.227 e. The minimum absolute atomic E-state index is 0.0874. The number of benzene rings is 2. The van der Waals surface area contributed by atoms with Crippen LogP contribution in [0.5, 0.6) is 0 Å². The third-order valence-electron chi connectivity index (χ3n) is 5.31. The molecule has 1 aliphatic heterocycles. The number of carbonyl (C=O) groups is 1. The van der Waals surface area contributed by atoms with Gasteiger partial charge in [-0.3, -0.25) is 4.79 Å². The Hall–Kier alpha value is -2.31. The predicted octanol–water partition coefficient (Wildman–Crippen LogP) is 3.47. The first-order valence-corrected chi connectivity index (χ1v) is 9.47. The minimum Gasteiger partial charge on any atom is -0.394 e. The normalized spacial score (nSPS) is 17.1. The second-order valence-electron chi connectivity index (χ2n) is 7.46. The first-order valence-electron chi connectivity index (χ1n) is 9.47. The van der Waals surface area contributed by atoms with E-state index in [9.17, 15) is 18.7 Å². The number of rotatable bonds is 6. The van der Waals surface area contributed by atoms with Crippen LogP contribution in [-0.4, -0.2) is 36.9 Å². The molecule has 6 heteroatoms. The van der Waals surface area contributed by atoms with E-state index in [0.29, 0.717) is 38.0 Å². The molecule has 150 valence electrons. The molecule has 0 unspecified atom stereocenters. The third kappa shape index (κ3) is 4.56. The molecular formula is C22H25F2NO3. The molecule has 3 rings (SSSR count). The van der Waals surface area contributed by atoms with E-state index in [4.69, 9.17) is 4.74 Å². The van der Waals surface area contributed by atoms with E-state index in [2.05, 4.69) is 5.32 Å². The monoisotopic (exact) mass is 389 g/mol. The van der Waals surface area contributed by atoms with Crippen LogP contribution < -0.4 is 5.32 Å². The molecule has 0 aliphatic carbocycles. The highest BCUT2D eigenvalue weighted by molar-refractivity contribution is 5.83. The summed E-state index contributed by atoms with van der Waals surface area (Å²) < 4.78 is 32.3. The lowest BCUT2D eigenvalue weighted by Crippen LogP contribution is -2.49. The first-order chi connectivity index (χ1) is 13.4. The van der Waals surface area contributed by atoms with Gasteiger partial charge in [0.05, 0.1) is 12.0 Å². The largest absolute Gasteiger partial charge is 0.394 e. The molecule has 0 saturated carbocycles. The van der Waals surface area contributed by atoms with Crippen molar-refractivity contribution in [3.63, 3.8) is 0 Å². The zero-order valence-electron chi connectivity index (χ0n) is 15.9. The molecule has 2 aromatic carbocycles. The molecule has 1 fully saturated rings. The maximum atomic E-state index is 13.6. The highest BCUT2D eigenvalue weighted by Gasteiger charge is 2.40. The average molecular weight is 389 g/mol. The third-order valence-corrected chi connectivity index (χ3v) is 5.31. The zero-order chi connectivity index (χ0) is 20.1.